The van der Waals surface area contributed by atoms with Crippen molar-refractivity contribution in [3.05, 3.63) is 12.4 Å². The van der Waals surface area contributed by atoms with Gasteiger partial charge in [0.05, 0.1) is 11.9 Å². The molecule has 3 N–H and O–H groups in total. The minimum Gasteiger partial charge on any atom is -0.284 e. The molecule has 0 amide bonds. The van der Waals surface area contributed by atoms with Gasteiger partial charge in [-0.15, -0.1) is 0 Å². The van der Waals surface area contributed by atoms with Gasteiger partial charge in [-0.2, -0.15) is 31.4 Å². The monoisotopic (exact) mass is 244 g/mol. The third-order valence-electron chi connectivity index (χ3n) is 1.21. The molecule has 15 heavy (non-hydrogen) atoms. The molecule has 1 aromatic rings. The number of nitrogens with one attached hydrogen (secondary N) is 3. The minimum atomic E-state index is -4.59. The largest absolute Gasteiger partial charge is 0.402 e. The summed E-state index contributed by atoms with van der Waals surface area (Å²) < 4.78 is 60.2. The number of rotatable bonds is 4. The predicted molar refractivity (Wildman–Crippen MR) is 45.2 cm³/mol. The molecule has 0 aliphatic heterocycles. The molecule has 0 spiro atoms. The van der Waals surface area contributed by atoms with Gasteiger partial charge in [-0.25, -0.2) is 0 Å². The Hall–Kier alpha value is -1.29. The molecule has 0 saturated heterocycles. The van der Waals surface area contributed by atoms with Crippen LogP contribution in [0.3, 0.4) is 0 Å². The van der Waals surface area contributed by atoms with E-state index in [4.69, 9.17) is 0 Å². The zero-order valence-electron chi connectivity index (χ0n) is 7.17. The van der Waals surface area contributed by atoms with E-state index in [2.05, 4.69) is 10.2 Å². The fraction of sp³-hybridized carbons (Fsp3) is 0.400. The van der Waals surface area contributed by atoms with Crippen molar-refractivity contribution < 1.29 is 21.6 Å². The molecular formula is C5H7F3N4O2S. The lowest BCUT2D eigenvalue weighted by molar-refractivity contribution is -0.121. The van der Waals surface area contributed by atoms with Crippen LogP contribution in [0.25, 0.3) is 0 Å². The maximum absolute atomic E-state index is 11.7. The molecule has 86 valence electrons. The van der Waals surface area contributed by atoms with E-state index < -0.39 is 22.9 Å². The molecule has 0 atom stereocenters. The second-order valence-electron chi connectivity index (χ2n) is 2.53. The van der Waals surface area contributed by atoms with Crippen LogP contribution in [0.2, 0.25) is 0 Å². The first-order valence-corrected chi connectivity index (χ1v) is 5.10. The summed E-state index contributed by atoms with van der Waals surface area (Å²) in [7, 11) is -4.22. The summed E-state index contributed by atoms with van der Waals surface area (Å²) in [4.78, 5) is 0. The second-order valence-corrected chi connectivity index (χ2v) is 4.03. The van der Waals surface area contributed by atoms with E-state index in [1.54, 1.807) is 0 Å². The van der Waals surface area contributed by atoms with Crippen molar-refractivity contribution in [1.82, 2.24) is 14.9 Å². The maximum Gasteiger partial charge on any atom is 0.402 e. The van der Waals surface area contributed by atoms with Gasteiger partial charge in [0.1, 0.15) is 6.54 Å². The molecule has 1 rings (SSSR count). The maximum atomic E-state index is 11.7. The SMILES string of the molecule is O=S(=O)(NCC(F)(F)F)Nc1cn[nH]c1. The van der Waals surface area contributed by atoms with Gasteiger partial charge in [0.15, 0.2) is 0 Å². The zero-order chi connectivity index (χ0) is 11.5. The van der Waals surface area contributed by atoms with Crippen molar-refractivity contribution in [3.63, 3.8) is 0 Å². The normalized spacial score (nSPS) is 12.7. The van der Waals surface area contributed by atoms with E-state index in [1.807, 2.05) is 4.72 Å². The number of aromatic nitrogens is 2. The third-order valence-corrected chi connectivity index (χ3v) is 2.24. The highest BCUT2D eigenvalue weighted by molar-refractivity contribution is 7.90. The van der Waals surface area contributed by atoms with Crippen LogP contribution in [-0.2, 0) is 10.2 Å². The summed E-state index contributed by atoms with van der Waals surface area (Å²) >= 11 is 0. The molecule has 0 aromatic carbocycles. The lowest BCUT2D eigenvalue weighted by Crippen LogP contribution is -2.37. The first-order valence-electron chi connectivity index (χ1n) is 3.61. The third kappa shape index (κ3) is 4.65. The molecule has 1 heterocycles. The molecule has 0 aliphatic rings. The molecule has 10 heteroatoms. The van der Waals surface area contributed by atoms with Gasteiger partial charge in [-0.05, 0) is 0 Å². The summed E-state index contributed by atoms with van der Waals surface area (Å²) in [6.07, 6.45) is -2.29. The minimum absolute atomic E-state index is 0.0460. The second kappa shape index (κ2) is 4.06. The Morgan fingerprint density at radius 3 is 2.60 bits per heavy atom. The van der Waals surface area contributed by atoms with Crippen molar-refractivity contribution in [2.24, 2.45) is 0 Å². The fourth-order valence-electron chi connectivity index (χ4n) is 0.675. The quantitative estimate of drug-likeness (QED) is 0.708. The van der Waals surface area contributed by atoms with Crippen LogP contribution in [0.15, 0.2) is 12.4 Å². The van der Waals surface area contributed by atoms with Gasteiger partial charge in [0.25, 0.3) is 10.2 Å². The molecule has 0 bridgehead atoms. The van der Waals surface area contributed by atoms with Gasteiger partial charge in [0, 0.05) is 6.20 Å². The first kappa shape index (κ1) is 11.8. The van der Waals surface area contributed by atoms with Crippen LogP contribution in [0, 0.1) is 0 Å². The van der Waals surface area contributed by atoms with E-state index in [0.29, 0.717) is 0 Å². The Kier molecular flexibility index (Phi) is 3.19. The Morgan fingerprint density at radius 2 is 2.13 bits per heavy atom. The summed E-state index contributed by atoms with van der Waals surface area (Å²) in [5.74, 6) is 0. The Morgan fingerprint density at radius 1 is 1.47 bits per heavy atom. The van der Waals surface area contributed by atoms with Crippen molar-refractivity contribution in [2.75, 3.05) is 11.3 Å². The summed E-state index contributed by atoms with van der Waals surface area (Å²) in [6, 6.07) is 0. The molecular weight excluding hydrogens is 237 g/mol. The standard InChI is InChI=1S/C5H7F3N4O2S/c6-5(7,8)3-11-15(13,14)12-4-1-9-10-2-4/h1-2,11-12H,3H2,(H,9,10). The van der Waals surface area contributed by atoms with Crippen molar-refractivity contribution >= 4 is 15.9 Å². The predicted octanol–water partition coefficient (Wildman–Crippen LogP) is 0.218. The van der Waals surface area contributed by atoms with E-state index in [-0.39, 0.29) is 5.69 Å². The van der Waals surface area contributed by atoms with Crippen molar-refractivity contribution in [1.29, 1.82) is 0 Å². The van der Waals surface area contributed by atoms with Gasteiger partial charge in [-0.3, -0.25) is 9.82 Å². The number of H-pyrrole nitrogens is 1. The van der Waals surface area contributed by atoms with Crippen LogP contribution in [0.1, 0.15) is 0 Å². The summed E-state index contributed by atoms with van der Waals surface area (Å²) in [5, 5.41) is 5.71. The topological polar surface area (TPSA) is 86.9 Å². The number of aromatic amines is 1. The smallest absolute Gasteiger partial charge is 0.284 e. The number of hydrogen-bond acceptors (Lipinski definition) is 3. The number of anilines is 1. The highest BCUT2D eigenvalue weighted by Gasteiger charge is 2.29. The van der Waals surface area contributed by atoms with Crippen LogP contribution in [0.4, 0.5) is 18.9 Å². The molecule has 0 aliphatic carbocycles. The molecule has 0 radical (unpaired) electrons. The number of alkyl halides is 3. The van der Waals surface area contributed by atoms with E-state index in [0.717, 1.165) is 6.20 Å². The molecule has 6 nitrogen and oxygen atoms in total. The summed E-state index contributed by atoms with van der Waals surface area (Å²) in [6.45, 7) is -1.62. The molecule has 0 fully saturated rings. The van der Waals surface area contributed by atoms with Crippen molar-refractivity contribution in [3.8, 4) is 0 Å². The average Bonchev–Trinajstić information content (AvgIpc) is 2.52. The van der Waals surface area contributed by atoms with Crippen molar-refractivity contribution in [2.45, 2.75) is 6.18 Å². The molecule has 0 unspecified atom stereocenters. The van der Waals surface area contributed by atoms with E-state index in [9.17, 15) is 21.6 Å². The Labute approximate surface area is 83.1 Å². The van der Waals surface area contributed by atoms with Crippen LogP contribution >= 0.6 is 0 Å². The average molecular weight is 244 g/mol. The number of hydrogen-bond donors (Lipinski definition) is 3. The van der Waals surface area contributed by atoms with Gasteiger partial charge >= 0.3 is 6.18 Å². The Bertz CT molecular complexity index is 398. The number of nitrogens with zero attached hydrogens (tertiary/aromatic N) is 1. The summed E-state index contributed by atoms with van der Waals surface area (Å²) in [5.41, 5.74) is 0.0460. The molecule has 0 saturated carbocycles. The Balaban J connectivity index is 2.54. The lowest BCUT2D eigenvalue weighted by Gasteiger charge is -2.09. The highest BCUT2D eigenvalue weighted by Crippen LogP contribution is 2.13. The van der Waals surface area contributed by atoms with Crippen LogP contribution in [-0.4, -0.2) is 31.3 Å². The fourth-order valence-corrected chi connectivity index (χ4v) is 1.52. The highest BCUT2D eigenvalue weighted by atomic mass is 32.2. The lowest BCUT2D eigenvalue weighted by atomic mass is 10.6. The van der Waals surface area contributed by atoms with E-state index in [1.165, 1.54) is 10.9 Å². The zero-order valence-corrected chi connectivity index (χ0v) is 7.98. The number of halogens is 3. The van der Waals surface area contributed by atoms with Gasteiger partial charge in [-0.1, -0.05) is 0 Å². The van der Waals surface area contributed by atoms with Gasteiger partial charge < -0.3 is 0 Å². The van der Waals surface area contributed by atoms with Crippen LogP contribution in [0.5, 0.6) is 0 Å². The van der Waals surface area contributed by atoms with Gasteiger partial charge in [0.2, 0.25) is 0 Å². The molecule has 1 aromatic heterocycles. The van der Waals surface area contributed by atoms with E-state index >= 15 is 0 Å². The first-order chi connectivity index (χ1) is 6.79. The van der Waals surface area contributed by atoms with Crippen LogP contribution < -0.4 is 9.44 Å².